The van der Waals surface area contributed by atoms with Crippen LogP contribution in [0.15, 0.2) is 0 Å². The summed E-state index contributed by atoms with van der Waals surface area (Å²) in [5.74, 6) is 0. The molecule has 1 aliphatic rings. The van der Waals surface area contributed by atoms with Gasteiger partial charge in [0.05, 0.1) is 0 Å². The third kappa shape index (κ3) is 2.75. The second-order valence-corrected chi connectivity index (χ2v) is 5.10. The summed E-state index contributed by atoms with van der Waals surface area (Å²) >= 11 is 0.718. The van der Waals surface area contributed by atoms with Crippen molar-refractivity contribution in [2.24, 2.45) is 0 Å². The highest BCUT2D eigenvalue weighted by Gasteiger charge is 2.38. The van der Waals surface area contributed by atoms with Gasteiger partial charge in [0.25, 0.3) is 0 Å². The Morgan fingerprint density at radius 3 is 2.50 bits per heavy atom. The predicted molar refractivity (Wildman–Crippen MR) is 62.3 cm³/mol. The third-order valence-corrected chi connectivity index (χ3v) is 3.79. The number of anilines is 1. The Kier molecular flexibility index (Phi) is 3.76. The lowest BCUT2D eigenvalue weighted by Crippen LogP contribution is -2.22. The normalized spacial score (nSPS) is 17.4. The lowest BCUT2D eigenvalue weighted by atomic mass is 9.95. The zero-order valence-corrected chi connectivity index (χ0v) is 10.4. The van der Waals surface area contributed by atoms with E-state index in [-0.39, 0.29) is 16.6 Å². The predicted octanol–water partition coefficient (Wildman–Crippen LogP) is 3.78. The van der Waals surface area contributed by atoms with Crippen molar-refractivity contribution in [1.82, 2.24) is 4.37 Å². The summed E-state index contributed by atoms with van der Waals surface area (Å²) in [5, 5.41) is 12.1. The molecule has 0 amide bonds. The van der Waals surface area contributed by atoms with Gasteiger partial charge in [0, 0.05) is 6.04 Å². The molecule has 3 nitrogen and oxygen atoms in total. The number of nitriles is 1. The van der Waals surface area contributed by atoms with Gasteiger partial charge in [0.1, 0.15) is 16.6 Å². The van der Waals surface area contributed by atoms with Crippen LogP contribution in [0.4, 0.5) is 18.2 Å². The van der Waals surface area contributed by atoms with Crippen molar-refractivity contribution in [3.8, 4) is 6.07 Å². The molecule has 2 rings (SSSR count). The van der Waals surface area contributed by atoms with Gasteiger partial charge in [-0.25, -0.2) is 0 Å². The summed E-state index contributed by atoms with van der Waals surface area (Å²) in [7, 11) is 0. The number of halogens is 3. The highest BCUT2D eigenvalue weighted by atomic mass is 32.1. The topological polar surface area (TPSA) is 48.7 Å². The van der Waals surface area contributed by atoms with E-state index >= 15 is 0 Å². The van der Waals surface area contributed by atoms with Gasteiger partial charge in [-0.1, -0.05) is 19.3 Å². The summed E-state index contributed by atoms with van der Waals surface area (Å²) in [4.78, 5) is 0. The number of alkyl halides is 3. The molecule has 1 aromatic rings. The first-order valence-electron chi connectivity index (χ1n) is 5.76. The van der Waals surface area contributed by atoms with Crippen molar-refractivity contribution < 1.29 is 13.2 Å². The molecule has 1 saturated carbocycles. The summed E-state index contributed by atoms with van der Waals surface area (Å²) in [6.45, 7) is 0. The van der Waals surface area contributed by atoms with E-state index < -0.39 is 11.9 Å². The molecule has 18 heavy (non-hydrogen) atoms. The number of rotatable bonds is 2. The lowest BCUT2D eigenvalue weighted by Gasteiger charge is -2.22. The minimum absolute atomic E-state index is 0.160. The van der Waals surface area contributed by atoms with Crippen LogP contribution in [0.25, 0.3) is 0 Å². The van der Waals surface area contributed by atoms with Gasteiger partial charge >= 0.3 is 6.18 Å². The molecule has 0 radical (unpaired) electrons. The monoisotopic (exact) mass is 275 g/mol. The van der Waals surface area contributed by atoms with Crippen molar-refractivity contribution in [2.75, 3.05) is 5.32 Å². The molecular weight excluding hydrogens is 263 g/mol. The third-order valence-electron chi connectivity index (χ3n) is 3.01. The summed E-state index contributed by atoms with van der Waals surface area (Å²) < 4.78 is 41.1. The maximum absolute atomic E-state index is 12.6. The number of nitrogens with zero attached hydrogens (tertiary/aromatic N) is 2. The molecular formula is C11H12F3N3S. The molecule has 0 atom stereocenters. The van der Waals surface area contributed by atoms with Gasteiger partial charge in [0.2, 0.25) is 0 Å². The van der Waals surface area contributed by atoms with Crippen molar-refractivity contribution in [3.63, 3.8) is 0 Å². The van der Waals surface area contributed by atoms with E-state index in [2.05, 4.69) is 9.69 Å². The van der Waals surface area contributed by atoms with Crippen LogP contribution in [-0.4, -0.2) is 10.4 Å². The van der Waals surface area contributed by atoms with Gasteiger partial charge in [-0.3, -0.25) is 0 Å². The number of nitrogens with one attached hydrogen (secondary N) is 1. The van der Waals surface area contributed by atoms with Gasteiger partial charge in [-0.15, -0.1) is 0 Å². The molecule has 1 aromatic heterocycles. The van der Waals surface area contributed by atoms with Gasteiger partial charge in [-0.05, 0) is 24.4 Å². The Morgan fingerprint density at radius 2 is 1.94 bits per heavy atom. The van der Waals surface area contributed by atoms with Crippen LogP contribution in [0.5, 0.6) is 0 Å². The van der Waals surface area contributed by atoms with Gasteiger partial charge < -0.3 is 5.32 Å². The van der Waals surface area contributed by atoms with E-state index in [1.807, 2.05) is 0 Å². The number of hydrogen-bond donors (Lipinski definition) is 1. The van der Waals surface area contributed by atoms with Crippen LogP contribution < -0.4 is 5.32 Å². The van der Waals surface area contributed by atoms with Crippen LogP contribution >= 0.6 is 11.5 Å². The fraction of sp³-hybridized carbons (Fsp3) is 0.636. The van der Waals surface area contributed by atoms with Gasteiger partial charge in [-0.2, -0.15) is 22.8 Å². The van der Waals surface area contributed by atoms with Crippen LogP contribution in [0.3, 0.4) is 0 Å². The summed E-state index contributed by atoms with van der Waals surface area (Å²) in [6, 6.07) is 1.77. The zero-order valence-electron chi connectivity index (χ0n) is 9.55. The average Bonchev–Trinajstić information content (AvgIpc) is 2.73. The standard InChI is InChI=1S/C11H12F3N3S/c12-11(13,14)9-8(6-15)10(18-17-9)16-7-4-2-1-3-5-7/h7,16H,1-5H2. The number of aromatic nitrogens is 1. The molecule has 0 spiro atoms. The fourth-order valence-electron chi connectivity index (χ4n) is 2.12. The van der Waals surface area contributed by atoms with Gasteiger partial charge in [0.15, 0.2) is 5.69 Å². The Hall–Kier alpha value is -1.29. The second-order valence-electron chi connectivity index (χ2n) is 4.32. The van der Waals surface area contributed by atoms with E-state index in [9.17, 15) is 13.2 Å². The quantitative estimate of drug-likeness (QED) is 0.893. The molecule has 1 heterocycles. The molecule has 98 valence electrons. The number of hydrogen-bond acceptors (Lipinski definition) is 4. The second kappa shape index (κ2) is 5.14. The molecule has 0 unspecified atom stereocenters. The zero-order chi connectivity index (χ0) is 13.2. The highest BCUT2D eigenvalue weighted by Crippen LogP contribution is 2.37. The maximum Gasteiger partial charge on any atom is 0.435 e. The van der Waals surface area contributed by atoms with Crippen LogP contribution in [0.1, 0.15) is 43.4 Å². The van der Waals surface area contributed by atoms with Crippen molar-refractivity contribution in [2.45, 2.75) is 44.3 Å². The molecule has 7 heteroatoms. The first kappa shape index (κ1) is 13.1. The van der Waals surface area contributed by atoms with E-state index in [1.165, 1.54) is 6.42 Å². The molecule has 0 bridgehead atoms. The molecule has 1 aliphatic carbocycles. The van der Waals surface area contributed by atoms with Crippen molar-refractivity contribution in [1.29, 1.82) is 5.26 Å². The van der Waals surface area contributed by atoms with Crippen molar-refractivity contribution in [3.05, 3.63) is 11.3 Å². The van der Waals surface area contributed by atoms with Crippen molar-refractivity contribution >= 4 is 16.5 Å². The van der Waals surface area contributed by atoms with E-state index in [0.717, 1.165) is 37.2 Å². The molecule has 1 fully saturated rings. The SMILES string of the molecule is N#Cc1c(C(F)(F)F)nsc1NC1CCCCC1. The highest BCUT2D eigenvalue weighted by molar-refractivity contribution is 7.10. The lowest BCUT2D eigenvalue weighted by molar-refractivity contribution is -0.140. The first-order valence-corrected chi connectivity index (χ1v) is 6.53. The maximum atomic E-state index is 12.6. The van der Waals surface area contributed by atoms with Crippen LogP contribution in [0.2, 0.25) is 0 Å². The largest absolute Gasteiger partial charge is 0.435 e. The molecule has 0 saturated heterocycles. The minimum Gasteiger partial charge on any atom is -0.372 e. The van der Waals surface area contributed by atoms with Crippen LogP contribution in [0, 0.1) is 11.3 Å². The Morgan fingerprint density at radius 1 is 1.28 bits per heavy atom. The summed E-state index contributed by atoms with van der Waals surface area (Å²) in [6.07, 6.45) is 0.622. The average molecular weight is 275 g/mol. The Balaban J connectivity index is 2.18. The van der Waals surface area contributed by atoms with E-state index in [4.69, 9.17) is 5.26 Å². The summed E-state index contributed by atoms with van der Waals surface area (Å²) in [5.41, 5.74) is -1.45. The molecule has 0 aliphatic heterocycles. The van der Waals surface area contributed by atoms with E-state index in [0.29, 0.717) is 0 Å². The Bertz CT molecular complexity index is 455. The van der Waals surface area contributed by atoms with E-state index in [1.54, 1.807) is 6.07 Å². The van der Waals surface area contributed by atoms with Crippen LogP contribution in [-0.2, 0) is 6.18 Å². The smallest absolute Gasteiger partial charge is 0.372 e. The molecule has 1 N–H and O–H groups in total. The first-order chi connectivity index (χ1) is 8.52. The Labute approximate surface area is 107 Å². The minimum atomic E-state index is -4.56. The fourth-order valence-corrected chi connectivity index (χ4v) is 2.95. The molecule has 0 aromatic carbocycles.